The van der Waals surface area contributed by atoms with Crippen LogP contribution in [0.15, 0.2) is 47.0 Å². The molecule has 3 aromatic heterocycles. The molecule has 3 heterocycles. The smallest absolute Gasteiger partial charge is 0.227 e. The fourth-order valence-corrected chi connectivity index (χ4v) is 2.77. The van der Waals surface area contributed by atoms with E-state index in [9.17, 15) is 0 Å². The minimum atomic E-state index is -2.60. The van der Waals surface area contributed by atoms with Gasteiger partial charge in [0.15, 0.2) is 0 Å². The zero-order valence-electron chi connectivity index (χ0n) is 22.8. The van der Waals surface area contributed by atoms with Gasteiger partial charge in [-0.1, -0.05) is 19.8 Å². The molecule has 1 unspecified atom stereocenters. The number of pyridine rings is 2. The minimum absolute atomic E-state index is 0.00240. The van der Waals surface area contributed by atoms with Gasteiger partial charge in [0, 0.05) is 41.9 Å². The Hall–Kier alpha value is -2.68. The molecule has 0 amide bonds. The van der Waals surface area contributed by atoms with Gasteiger partial charge in [-0.15, -0.1) is 0 Å². The molecule has 0 radical (unpaired) electrons. The zero-order chi connectivity index (χ0) is 25.3. The maximum absolute atomic E-state index is 8.38. The Morgan fingerprint density at radius 3 is 2.96 bits per heavy atom. The van der Waals surface area contributed by atoms with Crippen LogP contribution in [0.5, 0.6) is 0 Å². The number of benzene rings is 1. The number of aromatic nitrogens is 2. The molecule has 0 fully saturated rings. The largest absolute Gasteiger partial charge is 0.437 e. The summed E-state index contributed by atoms with van der Waals surface area (Å²) in [6.45, 7) is -6.28. The summed E-state index contributed by atoms with van der Waals surface area (Å²) in [5.74, 6) is -1.91. The Balaban J connectivity index is 2.03. The van der Waals surface area contributed by atoms with Crippen molar-refractivity contribution in [3.63, 3.8) is 0 Å². The molecule has 4 aromatic rings. The molecule has 0 aliphatic heterocycles. The van der Waals surface area contributed by atoms with Crippen molar-refractivity contribution in [3.05, 3.63) is 59.4 Å². The van der Waals surface area contributed by atoms with E-state index in [2.05, 4.69) is 9.97 Å². The van der Waals surface area contributed by atoms with Gasteiger partial charge in [0.05, 0.1) is 5.69 Å². The topological polar surface area (TPSA) is 38.9 Å². The average molecular weight is 326 g/mol. The standard InChI is InChI=1S/C21H20N2O/c1-12(2)15-9-10-22-18(11-15)16-7-5-13(3)19-17-8-6-14(4)23-21(17)24-20(16)19/h5-12H,1-4H3/i1D3,3D3,4D3,12D. The predicted octanol–water partition coefficient (Wildman–Crippen LogP) is 5.78. The van der Waals surface area contributed by atoms with Crippen LogP contribution < -0.4 is 0 Å². The van der Waals surface area contributed by atoms with Crippen LogP contribution in [-0.2, 0) is 0 Å². The van der Waals surface area contributed by atoms with Crippen molar-refractivity contribution >= 4 is 22.1 Å². The van der Waals surface area contributed by atoms with Crippen molar-refractivity contribution in [2.75, 3.05) is 0 Å². The predicted molar refractivity (Wildman–Crippen MR) is 98.3 cm³/mol. The molecule has 120 valence electrons. The molecule has 1 aromatic carbocycles. The highest BCUT2D eigenvalue weighted by atomic mass is 16.3. The maximum atomic E-state index is 8.38. The van der Waals surface area contributed by atoms with Gasteiger partial charge in [0.1, 0.15) is 5.58 Å². The first-order chi connectivity index (χ1) is 15.5. The Bertz CT molecular complexity index is 1400. The molecular weight excluding hydrogens is 296 g/mol. The summed E-state index contributed by atoms with van der Waals surface area (Å²) in [5, 5.41) is 0.578. The first-order valence-electron chi connectivity index (χ1n) is 12.4. The molecule has 0 spiro atoms. The van der Waals surface area contributed by atoms with Crippen LogP contribution in [0.2, 0.25) is 0 Å². The molecule has 0 saturated carbocycles. The fourth-order valence-electron chi connectivity index (χ4n) is 2.77. The van der Waals surface area contributed by atoms with Crippen LogP contribution >= 0.6 is 0 Å². The summed E-state index contributed by atoms with van der Waals surface area (Å²) in [4.78, 5) is 8.39. The van der Waals surface area contributed by atoms with Gasteiger partial charge < -0.3 is 4.42 Å². The number of hydrogen-bond acceptors (Lipinski definition) is 3. The molecule has 24 heavy (non-hydrogen) atoms. The molecule has 0 aliphatic carbocycles. The highest BCUT2D eigenvalue weighted by molar-refractivity contribution is 6.10. The lowest BCUT2D eigenvalue weighted by atomic mass is 9.99. The van der Waals surface area contributed by atoms with E-state index in [4.69, 9.17) is 18.1 Å². The number of furan rings is 1. The number of hydrogen-bond donors (Lipinski definition) is 0. The molecular formula is C21H20N2O. The third kappa shape index (κ3) is 2.28. The number of aryl methyl sites for hydroxylation is 2. The van der Waals surface area contributed by atoms with Crippen LogP contribution in [0.25, 0.3) is 33.3 Å². The Labute approximate surface area is 155 Å². The van der Waals surface area contributed by atoms with Gasteiger partial charge in [-0.2, -0.15) is 0 Å². The number of nitrogens with zero attached hydrogens (tertiary/aromatic N) is 2. The quantitative estimate of drug-likeness (QED) is 0.468. The van der Waals surface area contributed by atoms with E-state index >= 15 is 0 Å². The number of fused-ring (bicyclic) bond motifs is 3. The first-order valence-corrected chi connectivity index (χ1v) is 7.36. The molecule has 0 N–H and O–H groups in total. The van der Waals surface area contributed by atoms with Gasteiger partial charge in [0.2, 0.25) is 5.71 Å². The van der Waals surface area contributed by atoms with Gasteiger partial charge in [-0.25, -0.2) is 4.98 Å². The van der Waals surface area contributed by atoms with Gasteiger partial charge in [-0.05, 0) is 61.1 Å². The van der Waals surface area contributed by atoms with Crippen molar-refractivity contribution in [2.45, 2.75) is 33.4 Å². The summed E-state index contributed by atoms with van der Waals surface area (Å²) >= 11 is 0. The highest BCUT2D eigenvalue weighted by Crippen LogP contribution is 2.37. The summed E-state index contributed by atoms with van der Waals surface area (Å²) in [6, 6.07) is 8.58. The monoisotopic (exact) mass is 326 g/mol. The second-order valence-corrected chi connectivity index (χ2v) is 5.57. The fraction of sp³-hybridized carbons (Fsp3) is 0.238. The number of rotatable bonds is 2. The van der Waals surface area contributed by atoms with E-state index in [1.54, 1.807) is 0 Å². The second-order valence-electron chi connectivity index (χ2n) is 5.57. The minimum Gasteiger partial charge on any atom is -0.437 e. The van der Waals surface area contributed by atoms with Crippen molar-refractivity contribution in [3.8, 4) is 11.3 Å². The summed E-state index contributed by atoms with van der Waals surface area (Å²) < 4.78 is 84.0. The van der Waals surface area contributed by atoms with E-state index in [1.807, 2.05) is 0 Å². The van der Waals surface area contributed by atoms with Gasteiger partial charge >= 0.3 is 0 Å². The van der Waals surface area contributed by atoms with Crippen LogP contribution in [0.4, 0.5) is 0 Å². The van der Waals surface area contributed by atoms with Gasteiger partial charge in [0.25, 0.3) is 0 Å². The third-order valence-electron chi connectivity index (χ3n) is 3.95. The van der Waals surface area contributed by atoms with E-state index in [0.717, 1.165) is 0 Å². The van der Waals surface area contributed by atoms with E-state index in [0.29, 0.717) is 10.9 Å². The average Bonchev–Trinajstić information content (AvgIpc) is 3.09. The molecule has 0 aliphatic rings. The van der Waals surface area contributed by atoms with E-state index in [1.165, 1.54) is 49.5 Å². The Morgan fingerprint density at radius 1 is 1.17 bits per heavy atom. The summed E-state index contributed by atoms with van der Waals surface area (Å²) in [7, 11) is 0. The van der Waals surface area contributed by atoms with Crippen molar-refractivity contribution in [1.82, 2.24) is 9.97 Å². The molecule has 1 atom stereocenters. The molecule has 3 nitrogen and oxygen atoms in total. The molecule has 0 bridgehead atoms. The van der Waals surface area contributed by atoms with Crippen LogP contribution in [0.3, 0.4) is 0 Å². The summed E-state index contributed by atoms with van der Waals surface area (Å²) in [5.41, 5.74) is 0.729. The molecule has 3 heteroatoms. The second kappa shape index (κ2) is 5.45. The van der Waals surface area contributed by atoms with Gasteiger partial charge in [-0.3, -0.25) is 4.98 Å². The lowest BCUT2D eigenvalue weighted by Crippen LogP contribution is -1.91. The molecule has 0 saturated heterocycles. The molecule has 4 rings (SSSR count). The highest BCUT2D eigenvalue weighted by Gasteiger charge is 2.16. The van der Waals surface area contributed by atoms with Crippen LogP contribution in [-0.4, -0.2) is 9.97 Å². The Morgan fingerprint density at radius 2 is 2.12 bits per heavy atom. The SMILES string of the molecule is [2H]C([2H])([2H])c1ccc2c(n1)oc1c(-c3cc(C([2H])(C)C([2H])([2H])[2H])ccn3)ccc(C([2H])([2H])[2H])c12. The van der Waals surface area contributed by atoms with Crippen LogP contribution in [0.1, 0.15) is 50.2 Å². The van der Waals surface area contributed by atoms with E-state index in [-0.39, 0.29) is 39.2 Å². The Kier molecular flexibility index (Phi) is 1.70. The zero-order valence-corrected chi connectivity index (χ0v) is 12.8. The van der Waals surface area contributed by atoms with Crippen molar-refractivity contribution in [1.29, 1.82) is 0 Å². The first kappa shape index (κ1) is 7.47. The van der Waals surface area contributed by atoms with Crippen LogP contribution in [0, 0.1) is 13.7 Å². The van der Waals surface area contributed by atoms with Crippen molar-refractivity contribution < 1.29 is 18.1 Å². The van der Waals surface area contributed by atoms with E-state index < -0.39 is 26.4 Å². The summed E-state index contributed by atoms with van der Waals surface area (Å²) in [6.07, 6.45) is 1.38. The third-order valence-corrected chi connectivity index (χ3v) is 3.95. The normalized spacial score (nSPS) is 21.9. The lowest BCUT2D eigenvalue weighted by molar-refractivity contribution is 0.653. The maximum Gasteiger partial charge on any atom is 0.227 e. The van der Waals surface area contributed by atoms with Crippen molar-refractivity contribution in [2.24, 2.45) is 0 Å². The lowest BCUT2D eigenvalue weighted by Gasteiger charge is -2.08.